The first-order chi connectivity index (χ1) is 10.1. The number of aromatic amines is 1. The summed E-state index contributed by atoms with van der Waals surface area (Å²) >= 11 is 7.30. The molecule has 3 aromatic rings. The maximum absolute atomic E-state index is 12.4. The van der Waals surface area contributed by atoms with Gasteiger partial charge in [0, 0.05) is 10.6 Å². The average Bonchev–Trinajstić information content (AvgIpc) is 2.96. The van der Waals surface area contributed by atoms with Crippen LogP contribution in [0.1, 0.15) is 17.3 Å². The van der Waals surface area contributed by atoms with E-state index in [2.05, 4.69) is 19.9 Å². The van der Waals surface area contributed by atoms with E-state index in [0.717, 1.165) is 5.52 Å². The van der Waals surface area contributed by atoms with Gasteiger partial charge >= 0.3 is 0 Å². The molecule has 0 bridgehead atoms. The number of ketones is 1. The second-order valence-electron chi connectivity index (χ2n) is 4.41. The Morgan fingerprint density at radius 2 is 2.19 bits per heavy atom. The molecule has 3 rings (SSSR count). The molecule has 0 saturated heterocycles. The van der Waals surface area contributed by atoms with Gasteiger partial charge in [-0.3, -0.25) is 4.79 Å². The van der Waals surface area contributed by atoms with Gasteiger partial charge in [-0.05, 0) is 19.1 Å². The van der Waals surface area contributed by atoms with Crippen molar-refractivity contribution in [2.24, 2.45) is 0 Å². The molecule has 0 saturated carbocycles. The number of rotatable bonds is 4. The van der Waals surface area contributed by atoms with Crippen molar-refractivity contribution in [3.05, 3.63) is 47.5 Å². The van der Waals surface area contributed by atoms with Crippen LogP contribution in [0.4, 0.5) is 0 Å². The molecular weight excluding hydrogens is 308 g/mol. The van der Waals surface area contributed by atoms with Gasteiger partial charge in [-0.25, -0.2) is 15.0 Å². The molecular formula is C14H11ClN4OS. The second-order valence-corrected chi connectivity index (χ2v) is 6.18. The Labute approximate surface area is 130 Å². The first kappa shape index (κ1) is 14.0. The summed E-state index contributed by atoms with van der Waals surface area (Å²) in [5.74, 6) is 0.00813. The summed E-state index contributed by atoms with van der Waals surface area (Å²) in [7, 11) is 0. The van der Waals surface area contributed by atoms with E-state index in [9.17, 15) is 4.79 Å². The third-order valence-corrected chi connectivity index (χ3v) is 4.29. The summed E-state index contributed by atoms with van der Waals surface area (Å²) in [5, 5.41) is 0.973. The van der Waals surface area contributed by atoms with E-state index in [1.807, 2.05) is 6.92 Å². The summed E-state index contributed by atoms with van der Waals surface area (Å²) in [5.41, 5.74) is 1.93. The van der Waals surface area contributed by atoms with Crippen LogP contribution >= 0.6 is 23.4 Å². The lowest BCUT2D eigenvalue weighted by Gasteiger charge is -2.10. The van der Waals surface area contributed by atoms with Crippen molar-refractivity contribution in [3.63, 3.8) is 0 Å². The number of halogens is 1. The first-order valence-corrected chi connectivity index (χ1v) is 7.51. The normalized spacial score (nSPS) is 12.5. The van der Waals surface area contributed by atoms with E-state index >= 15 is 0 Å². The molecule has 1 N–H and O–H groups in total. The number of nitrogens with one attached hydrogen (secondary N) is 1. The maximum atomic E-state index is 12.4. The summed E-state index contributed by atoms with van der Waals surface area (Å²) in [6, 6.07) is 6.95. The van der Waals surface area contributed by atoms with Crippen LogP contribution in [-0.4, -0.2) is 31.0 Å². The number of imidazole rings is 1. The molecule has 21 heavy (non-hydrogen) atoms. The summed E-state index contributed by atoms with van der Waals surface area (Å²) in [6.45, 7) is 1.85. The van der Waals surface area contributed by atoms with Crippen LogP contribution in [0.3, 0.4) is 0 Å². The second kappa shape index (κ2) is 5.83. The van der Waals surface area contributed by atoms with E-state index in [-0.39, 0.29) is 11.0 Å². The van der Waals surface area contributed by atoms with Gasteiger partial charge in [-0.15, -0.1) is 0 Å². The average molecular weight is 319 g/mol. The molecule has 0 aliphatic heterocycles. The minimum atomic E-state index is -0.287. The fourth-order valence-electron chi connectivity index (χ4n) is 1.93. The Morgan fingerprint density at radius 3 is 3.00 bits per heavy atom. The van der Waals surface area contributed by atoms with Crippen molar-refractivity contribution in [2.75, 3.05) is 0 Å². The molecule has 1 aromatic carbocycles. The Balaban J connectivity index is 1.84. The predicted octanol–water partition coefficient (Wildman–Crippen LogP) is 3.37. The van der Waals surface area contributed by atoms with Crippen LogP contribution in [0.15, 0.2) is 41.9 Å². The highest BCUT2D eigenvalue weighted by Gasteiger charge is 2.19. The highest BCUT2D eigenvalue weighted by Crippen LogP contribution is 2.28. The van der Waals surface area contributed by atoms with Gasteiger partial charge in [-0.1, -0.05) is 35.5 Å². The molecule has 2 heterocycles. The molecule has 5 nitrogen and oxygen atoms in total. The number of hydrogen-bond acceptors (Lipinski definition) is 5. The molecule has 7 heteroatoms. The number of benzene rings is 1. The topological polar surface area (TPSA) is 71.5 Å². The maximum Gasteiger partial charge on any atom is 0.181 e. The fourth-order valence-corrected chi connectivity index (χ4v) is 3.07. The Kier molecular flexibility index (Phi) is 3.90. The molecule has 0 spiro atoms. The molecule has 0 aliphatic carbocycles. The summed E-state index contributed by atoms with van der Waals surface area (Å²) in [6.07, 6.45) is 3.01. The van der Waals surface area contributed by atoms with Crippen LogP contribution in [-0.2, 0) is 0 Å². The third-order valence-electron chi connectivity index (χ3n) is 2.95. The van der Waals surface area contributed by atoms with Crippen molar-refractivity contribution in [1.82, 2.24) is 19.9 Å². The van der Waals surface area contributed by atoms with E-state index in [0.29, 0.717) is 21.3 Å². The lowest BCUT2D eigenvalue weighted by molar-refractivity contribution is 0.0994. The van der Waals surface area contributed by atoms with Crippen LogP contribution in [0, 0.1) is 0 Å². The molecule has 0 aliphatic rings. The number of H-pyrrole nitrogens is 1. The minimum absolute atomic E-state index is 0.00813. The number of fused-ring (bicyclic) bond motifs is 1. The molecule has 0 radical (unpaired) electrons. The zero-order valence-corrected chi connectivity index (χ0v) is 12.6. The summed E-state index contributed by atoms with van der Waals surface area (Å²) < 4.78 is 0. The van der Waals surface area contributed by atoms with Gasteiger partial charge in [0.15, 0.2) is 11.4 Å². The van der Waals surface area contributed by atoms with Gasteiger partial charge in [0.25, 0.3) is 0 Å². The molecule has 1 atom stereocenters. The zero-order chi connectivity index (χ0) is 14.8. The van der Waals surface area contributed by atoms with Gasteiger partial charge in [-0.2, -0.15) is 0 Å². The SMILES string of the molecule is CC(Sc1ncnc2nc[nH]c12)C(=O)c1cccc(Cl)c1. The predicted molar refractivity (Wildman–Crippen MR) is 82.8 cm³/mol. The van der Waals surface area contributed by atoms with Crippen molar-refractivity contribution in [2.45, 2.75) is 17.2 Å². The number of carbonyl (C=O) groups excluding carboxylic acids is 1. The Hall–Kier alpha value is -1.92. The molecule has 0 amide bonds. The van der Waals surface area contributed by atoms with Crippen molar-refractivity contribution < 1.29 is 4.79 Å². The molecule has 106 valence electrons. The van der Waals surface area contributed by atoms with Crippen LogP contribution in [0.25, 0.3) is 11.2 Å². The van der Waals surface area contributed by atoms with Crippen LogP contribution in [0.2, 0.25) is 5.02 Å². The smallest absolute Gasteiger partial charge is 0.181 e. The highest BCUT2D eigenvalue weighted by atomic mass is 35.5. The lowest BCUT2D eigenvalue weighted by Crippen LogP contribution is -2.13. The van der Waals surface area contributed by atoms with Crippen molar-refractivity contribution in [3.8, 4) is 0 Å². The lowest BCUT2D eigenvalue weighted by atomic mass is 10.1. The zero-order valence-electron chi connectivity index (χ0n) is 11.1. The Morgan fingerprint density at radius 1 is 1.33 bits per heavy atom. The van der Waals surface area contributed by atoms with Crippen molar-refractivity contribution >= 4 is 40.3 Å². The number of hydrogen-bond donors (Lipinski definition) is 1. The number of carbonyl (C=O) groups is 1. The van der Waals surface area contributed by atoms with Crippen molar-refractivity contribution in [1.29, 1.82) is 0 Å². The quantitative estimate of drug-likeness (QED) is 0.453. The van der Waals surface area contributed by atoms with Crippen LogP contribution in [0.5, 0.6) is 0 Å². The first-order valence-electron chi connectivity index (χ1n) is 6.25. The molecule has 2 aromatic heterocycles. The number of aromatic nitrogens is 4. The number of thioether (sulfide) groups is 1. The van der Waals surface area contributed by atoms with E-state index in [4.69, 9.17) is 11.6 Å². The standard InChI is InChI=1S/C14H11ClN4OS/c1-8(12(20)9-3-2-4-10(15)5-9)21-14-11-13(17-6-16-11)18-7-19-14/h2-8H,1H3,(H,16,17,18,19). The number of nitrogens with zero attached hydrogens (tertiary/aromatic N) is 3. The summed E-state index contributed by atoms with van der Waals surface area (Å²) in [4.78, 5) is 27.8. The van der Waals surface area contributed by atoms with Gasteiger partial charge in [0.1, 0.15) is 16.9 Å². The highest BCUT2D eigenvalue weighted by molar-refractivity contribution is 8.00. The largest absolute Gasteiger partial charge is 0.341 e. The van der Waals surface area contributed by atoms with E-state index in [1.54, 1.807) is 30.6 Å². The monoisotopic (exact) mass is 318 g/mol. The van der Waals surface area contributed by atoms with Gasteiger partial charge in [0.05, 0.1) is 11.6 Å². The van der Waals surface area contributed by atoms with Gasteiger partial charge in [0.2, 0.25) is 0 Å². The fraction of sp³-hybridized carbons (Fsp3) is 0.143. The van der Waals surface area contributed by atoms with E-state index < -0.39 is 0 Å². The number of Topliss-reactive ketones (excluding diaryl/α,β-unsaturated/α-hetero) is 1. The van der Waals surface area contributed by atoms with E-state index in [1.165, 1.54) is 18.1 Å². The third kappa shape index (κ3) is 2.91. The minimum Gasteiger partial charge on any atom is -0.341 e. The van der Waals surface area contributed by atoms with Gasteiger partial charge < -0.3 is 4.98 Å². The van der Waals surface area contributed by atoms with Crippen LogP contribution < -0.4 is 0 Å². The Bertz CT molecular complexity index is 804. The molecule has 1 unspecified atom stereocenters. The molecule has 0 fully saturated rings.